The van der Waals surface area contributed by atoms with Crippen molar-refractivity contribution in [3.8, 4) is 5.75 Å². The zero-order chi connectivity index (χ0) is 21.6. The van der Waals surface area contributed by atoms with Crippen molar-refractivity contribution >= 4 is 11.9 Å². The quantitative estimate of drug-likeness (QED) is 0.482. The van der Waals surface area contributed by atoms with Gasteiger partial charge in [-0.15, -0.1) is 0 Å². The number of likely N-dealkylation sites (tertiary alicyclic amines) is 1. The van der Waals surface area contributed by atoms with Gasteiger partial charge in [0.05, 0.1) is 5.92 Å². The Labute approximate surface area is 186 Å². The number of esters is 1. The number of fused-ring (bicyclic) bond motifs is 2. The Balaban J connectivity index is 1.39. The van der Waals surface area contributed by atoms with Gasteiger partial charge >= 0.3 is 5.97 Å². The Hall–Kier alpha value is -1.84. The highest BCUT2D eigenvalue weighted by atomic mass is 16.5. The Morgan fingerprint density at radius 3 is 2.32 bits per heavy atom. The summed E-state index contributed by atoms with van der Waals surface area (Å²) in [5.74, 6) is 1.82. The summed E-state index contributed by atoms with van der Waals surface area (Å²) in [6.45, 7) is 5.57. The second-order valence-electron chi connectivity index (χ2n) is 11.0. The number of ether oxygens (including phenoxy) is 1. The van der Waals surface area contributed by atoms with Gasteiger partial charge in [-0.1, -0.05) is 45.6 Å². The van der Waals surface area contributed by atoms with Gasteiger partial charge < -0.3 is 9.64 Å². The van der Waals surface area contributed by atoms with Gasteiger partial charge in [-0.25, -0.2) is 0 Å². The lowest BCUT2D eigenvalue weighted by Crippen LogP contribution is -2.57. The molecular weight excluding hydrogens is 386 g/mol. The van der Waals surface area contributed by atoms with Crippen molar-refractivity contribution < 1.29 is 14.3 Å². The largest absolute Gasteiger partial charge is 0.426 e. The third-order valence-corrected chi connectivity index (χ3v) is 8.80. The zero-order valence-electron chi connectivity index (χ0n) is 19.2. The van der Waals surface area contributed by atoms with Crippen LogP contribution >= 0.6 is 0 Å². The first kappa shape index (κ1) is 21.0. The molecule has 1 aromatic rings. The molecule has 0 aromatic heterocycles. The fourth-order valence-electron chi connectivity index (χ4n) is 7.02. The van der Waals surface area contributed by atoms with Crippen LogP contribution in [0.2, 0.25) is 0 Å². The van der Waals surface area contributed by atoms with Crippen LogP contribution in [0, 0.1) is 17.8 Å². The van der Waals surface area contributed by atoms with E-state index >= 15 is 0 Å². The topological polar surface area (TPSA) is 46.6 Å². The fourth-order valence-corrected chi connectivity index (χ4v) is 7.02. The molecule has 5 rings (SSSR count). The maximum atomic E-state index is 13.3. The smallest absolute Gasteiger partial charge is 0.314 e. The van der Waals surface area contributed by atoms with Crippen molar-refractivity contribution in [2.45, 2.75) is 95.9 Å². The number of piperidine rings is 1. The normalized spacial score (nSPS) is 28.3. The van der Waals surface area contributed by atoms with Crippen LogP contribution in [-0.4, -0.2) is 29.4 Å². The number of benzene rings is 1. The third-order valence-electron chi connectivity index (χ3n) is 8.80. The second kappa shape index (κ2) is 8.26. The van der Waals surface area contributed by atoms with Gasteiger partial charge in [0.25, 0.3) is 0 Å². The minimum absolute atomic E-state index is 0.0390. The number of carbonyl (C=O) groups is 2. The summed E-state index contributed by atoms with van der Waals surface area (Å²) < 4.78 is 5.82. The number of hydrogen-bond acceptors (Lipinski definition) is 3. The lowest BCUT2D eigenvalue weighted by Gasteiger charge is -2.52. The Kier molecular flexibility index (Phi) is 5.60. The molecule has 1 amide bonds. The van der Waals surface area contributed by atoms with Gasteiger partial charge in [0.15, 0.2) is 0 Å². The average Bonchev–Trinajstić information content (AvgIpc) is 3.48. The number of carbonyl (C=O) groups excluding carboxylic acids is 2. The van der Waals surface area contributed by atoms with Gasteiger partial charge in [0.2, 0.25) is 5.91 Å². The first-order valence-corrected chi connectivity index (χ1v) is 12.6. The van der Waals surface area contributed by atoms with Gasteiger partial charge in [-0.3, -0.25) is 9.59 Å². The lowest BCUT2D eigenvalue weighted by molar-refractivity contribution is -0.142. The van der Waals surface area contributed by atoms with E-state index < -0.39 is 0 Å². The molecule has 3 aliphatic carbocycles. The molecule has 1 heterocycles. The molecule has 1 aliphatic heterocycles. The summed E-state index contributed by atoms with van der Waals surface area (Å²) in [7, 11) is 0. The van der Waals surface area contributed by atoms with Crippen molar-refractivity contribution in [3.05, 3.63) is 29.3 Å². The maximum absolute atomic E-state index is 13.3. The van der Waals surface area contributed by atoms with E-state index in [1.54, 1.807) is 0 Å². The minimum Gasteiger partial charge on any atom is -0.426 e. The highest BCUT2D eigenvalue weighted by molar-refractivity contribution is 5.80. The number of rotatable bonds is 3. The van der Waals surface area contributed by atoms with Crippen molar-refractivity contribution in [3.63, 3.8) is 0 Å². The van der Waals surface area contributed by atoms with E-state index in [0.29, 0.717) is 23.6 Å². The van der Waals surface area contributed by atoms with Gasteiger partial charge in [0.1, 0.15) is 5.75 Å². The molecule has 168 valence electrons. The van der Waals surface area contributed by atoms with Crippen LogP contribution in [-0.2, 0) is 21.4 Å². The standard InChI is InChI=1S/C27H37NO3/c1-27(2)22-12-7-15-28(25(29)18-8-3-4-9-18)24(22)16-20-13-14-21(17-23(20)27)31-26(30)19-10-5-6-11-19/h13-14,17-19,22,24H,3-12,15-16H2,1-2H3/t22-,24-/m1/s1. The van der Waals surface area contributed by atoms with Crippen LogP contribution < -0.4 is 4.74 Å². The summed E-state index contributed by atoms with van der Waals surface area (Å²) in [4.78, 5) is 28.2. The predicted octanol–water partition coefficient (Wildman–Crippen LogP) is 5.41. The van der Waals surface area contributed by atoms with E-state index in [4.69, 9.17) is 4.74 Å². The highest BCUT2D eigenvalue weighted by Gasteiger charge is 2.48. The number of hydrogen-bond donors (Lipinski definition) is 0. The summed E-state index contributed by atoms with van der Waals surface area (Å²) in [5.41, 5.74) is 2.58. The number of amides is 1. The summed E-state index contributed by atoms with van der Waals surface area (Å²) in [6, 6.07) is 6.54. The maximum Gasteiger partial charge on any atom is 0.314 e. The summed E-state index contributed by atoms with van der Waals surface area (Å²) in [5, 5.41) is 0. The fraction of sp³-hybridized carbons (Fsp3) is 0.704. The van der Waals surface area contributed by atoms with E-state index in [-0.39, 0.29) is 23.2 Å². The SMILES string of the molecule is CC1(C)c2cc(OC(=O)C3CCCC3)ccc2C[C@@H]2[C@H]1CCCN2C(=O)C1CCCC1. The van der Waals surface area contributed by atoms with Crippen molar-refractivity contribution in [1.82, 2.24) is 4.90 Å². The van der Waals surface area contributed by atoms with Gasteiger partial charge in [-0.05, 0) is 79.5 Å². The molecule has 0 spiro atoms. The molecule has 31 heavy (non-hydrogen) atoms. The van der Waals surface area contributed by atoms with Gasteiger partial charge in [0, 0.05) is 18.5 Å². The van der Waals surface area contributed by atoms with Crippen molar-refractivity contribution in [1.29, 1.82) is 0 Å². The lowest BCUT2D eigenvalue weighted by atomic mass is 9.60. The zero-order valence-corrected chi connectivity index (χ0v) is 19.2. The Morgan fingerprint density at radius 2 is 1.61 bits per heavy atom. The molecule has 4 aliphatic rings. The monoisotopic (exact) mass is 423 g/mol. The Morgan fingerprint density at radius 1 is 0.935 bits per heavy atom. The number of nitrogens with zero attached hydrogens (tertiary/aromatic N) is 1. The molecule has 0 bridgehead atoms. The molecule has 0 radical (unpaired) electrons. The van der Waals surface area contributed by atoms with Crippen LogP contribution in [0.5, 0.6) is 5.75 Å². The molecule has 2 atom stereocenters. The van der Waals surface area contributed by atoms with Gasteiger partial charge in [-0.2, -0.15) is 0 Å². The molecule has 0 unspecified atom stereocenters. The van der Waals surface area contributed by atoms with Crippen LogP contribution in [0.1, 0.15) is 89.2 Å². The Bertz CT molecular complexity index is 848. The van der Waals surface area contributed by atoms with E-state index in [2.05, 4.69) is 30.9 Å². The van der Waals surface area contributed by atoms with Crippen LogP contribution in [0.3, 0.4) is 0 Å². The molecule has 1 saturated heterocycles. The molecular formula is C27H37NO3. The van der Waals surface area contributed by atoms with E-state index in [0.717, 1.165) is 64.3 Å². The molecule has 2 saturated carbocycles. The summed E-state index contributed by atoms with van der Waals surface area (Å²) >= 11 is 0. The molecule has 1 aromatic carbocycles. The van der Waals surface area contributed by atoms with E-state index in [1.165, 1.54) is 24.0 Å². The average molecular weight is 424 g/mol. The predicted molar refractivity (Wildman–Crippen MR) is 121 cm³/mol. The van der Waals surface area contributed by atoms with Crippen LogP contribution in [0.4, 0.5) is 0 Å². The molecule has 3 fully saturated rings. The van der Waals surface area contributed by atoms with E-state index in [9.17, 15) is 9.59 Å². The third kappa shape index (κ3) is 3.81. The molecule has 0 N–H and O–H groups in total. The van der Waals surface area contributed by atoms with Crippen molar-refractivity contribution in [2.24, 2.45) is 17.8 Å². The second-order valence-corrected chi connectivity index (χ2v) is 11.0. The van der Waals surface area contributed by atoms with Crippen LogP contribution in [0.25, 0.3) is 0 Å². The highest BCUT2D eigenvalue weighted by Crippen LogP contribution is 2.48. The first-order chi connectivity index (χ1) is 14.9. The molecule has 4 heteroatoms. The molecule has 4 nitrogen and oxygen atoms in total. The summed E-state index contributed by atoms with van der Waals surface area (Å²) in [6.07, 6.45) is 11.9. The van der Waals surface area contributed by atoms with Crippen molar-refractivity contribution in [2.75, 3.05) is 6.54 Å². The minimum atomic E-state index is -0.0602. The van der Waals surface area contributed by atoms with Crippen LogP contribution in [0.15, 0.2) is 18.2 Å². The van der Waals surface area contributed by atoms with E-state index in [1.807, 2.05) is 6.07 Å². The first-order valence-electron chi connectivity index (χ1n) is 12.6.